The number of aromatic hydroxyl groups is 1. The minimum atomic E-state index is 0.300. The average Bonchev–Trinajstić information content (AvgIpc) is 2.28. The van der Waals surface area contributed by atoms with Gasteiger partial charge in [-0.25, -0.2) is 0 Å². The summed E-state index contributed by atoms with van der Waals surface area (Å²) >= 11 is 0. The van der Waals surface area contributed by atoms with E-state index < -0.39 is 0 Å². The van der Waals surface area contributed by atoms with Crippen LogP contribution in [-0.4, -0.2) is 35.8 Å². The van der Waals surface area contributed by atoms with Gasteiger partial charge in [0.1, 0.15) is 5.75 Å². The summed E-state index contributed by atoms with van der Waals surface area (Å²) in [7, 11) is 0. The van der Waals surface area contributed by atoms with Gasteiger partial charge in [0.05, 0.1) is 12.7 Å². The number of hydrogen-bond acceptors (Lipinski definition) is 3. The van der Waals surface area contributed by atoms with Gasteiger partial charge < -0.3 is 9.84 Å². The molecule has 1 saturated heterocycles. The lowest BCUT2D eigenvalue weighted by atomic mass is 10.1. The van der Waals surface area contributed by atoms with Crippen LogP contribution in [0.3, 0.4) is 0 Å². The second-order valence-electron chi connectivity index (χ2n) is 4.45. The van der Waals surface area contributed by atoms with E-state index >= 15 is 0 Å². The number of phenols is 1. The van der Waals surface area contributed by atoms with E-state index in [-0.39, 0.29) is 0 Å². The largest absolute Gasteiger partial charge is 0.508 e. The normalized spacial score (nSPS) is 24.2. The van der Waals surface area contributed by atoms with Crippen LogP contribution < -0.4 is 0 Å². The van der Waals surface area contributed by atoms with Crippen LogP contribution in [0.4, 0.5) is 0 Å². The van der Waals surface area contributed by atoms with Gasteiger partial charge in [0.15, 0.2) is 0 Å². The van der Waals surface area contributed by atoms with Crippen LogP contribution in [0.1, 0.15) is 25.5 Å². The summed E-state index contributed by atoms with van der Waals surface area (Å²) in [4.78, 5) is 2.39. The summed E-state index contributed by atoms with van der Waals surface area (Å²) in [5, 5.41) is 9.47. The zero-order valence-electron chi connectivity index (χ0n) is 9.89. The van der Waals surface area contributed by atoms with Gasteiger partial charge in [0, 0.05) is 19.1 Å². The van der Waals surface area contributed by atoms with Crippen molar-refractivity contribution in [2.75, 3.05) is 19.7 Å². The number of rotatable bonds is 2. The van der Waals surface area contributed by atoms with Crippen LogP contribution in [0.2, 0.25) is 0 Å². The molecule has 0 amide bonds. The number of phenolic OH excluding ortho intramolecular Hbond substituents is 1. The monoisotopic (exact) mass is 221 g/mol. The van der Waals surface area contributed by atoms with Crippen LogP contribution in [0, 0.1) is 0 Å². The van der Waals surface area contributed by atoms with Crippen molar-refractivity contribution in [3.05, 3.63) is 29.8 Å². The van der Waals surface area contributed by atoms with Gasteiger partial charge in [-0.15, -0.1) is 0 Å². The van der Waals surface area contributed by atoms with Crippen molar-refractivity contribution in [2.24, 2.45) is 0 Å². The molecule has 0 aromatic heterocycles. The molecule has 1 heterocycles. The molecule has 3 nitrogen and oxygen atoms in total. The first-order chi connectivity index (χ1) is 7.66. The van der Waals surface area contributed by atoms with Crippen molar-refractivity contribution < 1.29 is 9.84 Å². The number of nitrogens with zero attached hydrogens (tertiary/aromatic N) is 1. The van der Waals surface area contributed by atoms with Gasteiger partial charge in [-0.05, 0) is 31.5 Å². The third-order valence-corrected chi connectivity index (χ3v) is 3.17. The van der Waals surface area contributed by atoms with Gasteiger partial charge in [-0.1, -0.05) is 12.1 Å². The first-order valence-corrected chi connectivity index (χ1v) is 5.81. The zero-order valence-corrected chi connectivity index (χ0v) is 9.89. The molecular formula is C13H19NO2. The lowest BCUT2D eigenvalue weighted by molar-refractivity contribution is -0.0319. The van der Waals surface area contributed by atoms with E-state index in [0.717, 1.165) is 25.3 Å². The standard InChI is InChI=1S/C13H19NO2/c1-10-9-14(6-7-16-10)11(2)12-4-3-5-13(15)8-12/h3-5,8,10-11,15H,6-7,9H2,1-2H3. The van der Waals surface area contributed by atoms with E-state index in [1.54, 1.807) is 6.07 Å². The minimum Gasteiger partial charge on any atom is -0.508 e. The fourth-order valence-corrected chi connectivity index (χ4v) is 2.19. The molecule has 1 aliphatic heterocycles. The van der Waals surface area contributed by atoms with Gasteiger partial charge in [0.25, 0.3) is 0 Å². The number of ether oxygens (including phenoxy) is 1. The molecule has 0 aliphatic carbocycles. The summed E-state index contributed by atoms with van der Waals surface area (Å²) in [6.07, 6.45) is 0.300. The molecule has 3 heteroatoms. The van der Waals surface area contributed by atoms with E-state index in [1.165, 1.54) is 0 Å². The molecule has 2 unspecified atom stereocenters. The maximum atomic E-state index is 9.47. The lowest BCUT2D eigenvalue weighted by Crippen LogP contribution is -2.42. The second kappa shape index (κ2) is 4.85. The molecule has 1 aromatic carbocycles. The Balaban J connectivity index is 2.09. The Morgan fingerprint density at radius 2 is 2.31 bits per heavy atom. The Kier molecular flexibility index (Phi) is 3.46. The Hall–Kier alpha value is -1.06. The van der Waals surface area contributed by atoms with Crippen LogP contribution in [-0.2, 0) is 4.74 Å². The van der Waals surface area contributed by atoms with Crippen LogP contribution in [0.15, 0.2) is 24.3 Å². The summed E-state index contributed by atoms with van der Waals surface area (Å²) in [6.45, 7) is 6.98. The zero-order chi connectivity index (χ0) is 11.5. The fourth-order valence-electron chi connectivity index (χ4n) is 2.19. The van der Waals surface area contributed by atoms with Crippen LogP contribution in [0.5, 0.6) is 5.75 Å². The molecule has 1 aromatic rings. The molecule has 1 N–H and O–H groups in total. The summed E-state index contributed by atoms with van der Waals surface area (Å²) in [5.41, 5.74) is 1.16. The van der Waals surface area contributed by atoms with Crippen molar-refractivity contribution in [3.63, 3.8) is 0 Å². The number of hydrogen-bond donors (Lipinski definition) is 1. The van der Waals surface area contributed by atoms with Crippen LogP contribution in [0.25, 0.3) is 0 Å². The van der Waals surface area contributed by atoms with Crippen molar-refractivity contribution in [1.29, 1.82) is 0 Å². The summed E-state index contributed by atoms with van der Waals surface area (Å²) in [6, 6.07) is 7.83. The SMILES string of the molecule is CC1CN(C(C)c2cccc(O)c2)CCO1. The highest BCUT2D eigenvalue weighted by Crippen LogP contribution is 2.24. The molecule has 2 atom stereocenters. The predicted octanol–water partition coefficient (Wildman–Crippen LogP) is 2.17. The molecule has 2 rings (SSSR count). The topological polar surface area (TPSA) is 32.7 Å². The van der Waals surface area contributed by atoms with E-state index in [1.807, 2.05) is 12.1 Å². The third-order valence-electron chi connectivity index (χ3n) is 3.17. The lowest BCUT2D eigenvalue weighted by Gasteiger charge is -2.35. The van der Waals surface area contributed by atoms with Crippen LogP contribution >= 0.6 is 0 Å². The molecular weight excluding hydrogens is 202 g/mol. The number of benzene rings is 1. The minimum absolute atomic E-state index is 0.300. The third kappa shape index (κ3) is 2.54. The molecule has 88 valence electrons. The van der Waals surface area contributed by atoms with Crippen molar-refractivity contribution in [2.45, 2.75) is 26.0 Å². The maximum Gasteiger partial charge on any atom is 0.115 e. The summed E-state index contributed by atoms with van der Waals surface area (Å²) < 4.78 is 5.53. The van der Waals surface area contributed by atoms with Crippen molar-refractivity contribution in [3.8, 4) is 5.75 Å². The second-order valence-corrected chi connectivity index (χ2v) is 4.45. The molecule has 1 aliphatic rings. The molecule has 1 fully saturated rings. The quantitative estimate of drug-likeness (QED) is 0.830. The van der Waals surface area contributed by atoms with E-state index in [2.05, 4.69) is 24.8 Å². The maximum absolute atomic E-state index is 9.47. The molecule has 0 spiro atoms. The van der Waals surface area contributed by atoms with Gasteiger partial charge >= 0.3 is 0 Å². The number of morpholine rings is 1. The molecule has 0 radical (unpaired) electrons. The van der Waals surface area contributed by atoms with Gasteiger partial charge in [-0.2, -0.15) is 0 Å². The highest BCUT2D eigenvalue weighted by Gasteiger charge is 2.22. The molecule has 16 heavy (non-hydrogen) atoms. The highest BCUT2D eigenvalue weighted by molar-refractivity contribution is 5.29. The van der Waals surface area contributed by atoms with E-state index in [4.69, 9.17) is 4.74 Å². The Bertz CT molecular complexity index is 354. The fraction of sp³-hybridized carbons (Fsp3) is 0.538. The van der Waals surface area contributed by atoms with Gasteiger partial charge in [0.2, 0.25) is 0 Å². The average molecular weight is 221 g/mol. The van der Waals surface area contributed by atoms with Crippen molar-refractivity contribution >= 4 is 0 Å². The molecule has 0 bridgehead atoms. The van der Waals surface area contributed by atoms with E-state index in [9.17, 15) is 5.11 Å². The van der Waals surface area contributed by atoms with E-state index in [0.29, 0.717) is 17.9 Å². The van der Waals surface area contributed by atoms with Crippen molar-refractivity contribution in [1.82, 2.24) is 4.90 Å². The Morgan fingerprint density at radius 3 is 3.00 bits per heavy atom. The first kappa shape index (κ1) is 11.4. The highest BCUT2D eigenvalue weighted by atomic mass is 16.5. The Morgan fingerprint density at radius 1 is 1.50 bits per heavy atom. The Labute approximate surface area is 96.6 Å². The molecule has 0 saturated carbocycles. The van der Waals surface area contributed by atoms with Gasteiger partial charge in [-0.3, -0.25) is 4.90 Å². The summed E-state index contributed by atoms with van der Waals surface area (Å²) in [5.74, 6) is 0.339. The first-order valence-electron chi connectivity index (χ1n) is 5.81. The smallest absolute Gasteiger partial charge is 0.115 e. The predicted molar refractivity (Wildman–Crippen MR) is 63.5 cm³/mol.